The van der Waals surface area contributed by atoms with Crippen molar-refractivity contribution in [3.05, 3.63) is 71.0 Å². The number of aromatic nitrogens is 3. The van der Waals surface area contributed by atoms with Gasteiger partial charge in [0.2, 0.25) is 0 Å². The van der Waals surface area contributed by atoms with Crippen LogP contribution in [0.15, 0.2) is 53.7 Å². The highest BCUT2D eigenvalue weighted by molar-refractivity contribution is 8.00. The van der Waals surface area contributed by atoms with Crippen molar-refractivity contribution in [2.75, 3.05) is 0 Å². The first kappa shape index (κ1) is 18.9. The Morgan fingerprint density at radius 1 is 1.07 bits per heavy atom. The van der Waals surface area contributed by atoms with Crippen LogP contribution in [0.1, 0.15) is 48.2 Å². The summed E-state index contributed by atoms with van der Waals surface area (Å²) in [6, 6.07) is 16.8. The molecule has 1 heterocycles. The van der Waals surface area contributed by atoms with Crippen LogP contribution in [0.2, 0.25) is 0 Å². The first-order chi connectivity index (χ1) is 13.6. The molecular formula is C23H25N3OS. The van der Waals surface area contributed by atoms with Gasteiger partial charge in [-0.2, -0.15) is 0 Å². The van der Waals surface area contributed by atoms with Crippen LogP contribution < -0.4 is 0 Å². The fraction of sp³-hybridized carbons (Fsp3) is 0.348. The molecule has 1 atom stereocenters. The number of thioether (sulfide) groups is 1. The molecule has 3 aromatic rings. The molecule has 0 aliphatic heterocycles. The van der Waals surface area contributed by atoms with Crippen LogP contribution in [0.5, 0.6) is 0 Å². The van der Waals surface area contributed by atoms with Crippen molar-refractivity contribution < 1.29 is 4.79 Å². The molecule has 4 nitrogen and oxygen atoms in total. The van der Waals surface area contributed by atoms with E-state index in [1.54, 1.807) is 11.8 Å². The second-order valence-corrected chi connectivity index (χ2v) is 8.68. The third-order valence-electron chi connectivity index (χ3n) is 5.24. The van der Waals surface area contributed by atoms with E-state index < -0.39 is 0 Å². The maximum atomic E-state index is 12.4. The Morgan fingerprint density at radius 2 is 1.89 bits per heavy atom. The summed E-state index contributed by atoms with van der Waals surface area (Å²) in [4.78, 5) is 12.4. The van der Waals surface area contributed by atoms with Gasteiger partial charge in [0.05, 0.1) is 10.9 Å². The third kappa shape index (κ3) is 4.04. The lowest BCUT2D eigenvalue weighted by molar-refractivity contribution is -0.119. The highest BCUT2D eigenvalue weighted by Gasteiger charge is 2.27. The maximum Gasteiger partial charge on any atom is 0.196 e. The van der Waals surface area contributed by atoms with Crippen molar-refractivity contribution in [2.24, 2.45) is 0 Å². The van der Waals surface area contributed by atoms with Crippen LogP contribution in [0, 0.1) is 13.8 Å². The van der Waals surface area contributed by atoms with Gasteiger partial charge in [-0.1, -0.05) is 66.2 Å². The summed E-state index contributed by atoms with van der Waals surface area (Å²) in [6.07, 6.45) is 4.45. The molecule has 0 N–H and O–H groups in total. The summed E-state index contributed by atoms with van der Waals surface area (Å²) in [5, 5.41) is 9.84. The Kier molecular flexibility index (Phi) is 5.62. The summed E-state index contributed by atoms with van der Waals surface area (Å²) in [6.45, 7) is 4.22. The zero-order chi connectivity index (χ0) is 19.5. The zero-order valence-electron chi connectivity index (χ0n) is 16.4. The second kappa shape index (κ2) is 8.31. The lowest BCUT2D eigenvalue weighted by Gasteiger charge is -2.20. The SMILES string of the molecule is Cc1ccc(-n2c(Cc3ccccc3)nnc2SC2CCCCC2=O)c(C)c1. The second-order valence-electron chi connectivity index (χ2n) is 7.51. The molecular weight excluding hydrogens is 366 g/mol. The normalized spacial score (nSPS) is 17.1. The molecule has 1 aromatic heterocycles. The summed E-state index contributed by atoms with van der Waals surface area (Å²) < 4.78 is 2.15. The molecule has 5 heteroatoms. The number of ketones is 1. The number of nitrogens with zero attached hydrogens (tertiary/aromatic N) is 3. The largest absolute Gasteiger partial charge is 0.298 e. The number of carbonyl (C=O) groups excluding carboxylic acids is 1. The van der Waals surface area contributed by atoms with Crippen LogP contribution in [0.25, 0.3) is 5.69 Å². The van der Waals surface area contributed by atoms with Gasteiger partial charge in [0.25, 0.3) is 0 Å². The fourth-order valence-corrected chi connectivity index (χ4v) is 4.96. The summed E-state index contributed by atoms with van der Waals surface area (Å²) in [5.74, 6) is 1.25. The number of rotatable bonds is 5. The Balaban J connectivity index is 1.74. The molecule has 28 heavy (non-hydrogen) atoms. The Hall–Kier alpha value is -2.40. The van der Waals surface area contributed by atoms with E-state index in [0.29, 0.717) is 18.6 Å². The first-order valence-electron chi connectivity index (χ1n) is 9.87. The summed E-state index contributed by atoms with van der Waals surface area (Å²) >= 11 is 1.58. The van der Waals surface area contributed by atoms with Crippen LogP contribution >= 0.6 is 11.8 Å². The van der Waals surface area contributed by atoms with Crippen molar-refractivity contribution in [1.82, 2.24) is 14.8 Å². The molecule has 0 amide bonds. The number of carbonyl (C=O) groups is 1. The van der Waals surface area contributed by atoms with Gasteiger partial charge in [0, 0.05) is 12.8 Å². The van der Waals surface area contributed by atoms with Gasteiger partial charge in [0.15, 0.2) is 5.16 Å². The summed E-state index contributed by atoms with van der Waals surface area (Å²) in [5.41, 5.74) is 4.71. The molecule has 144 valence electrons. The summed E-state index contributed by atoms with van der Waals surface area (Å²) in [7, 11) is 0. The number of hydrogen-bond donors (Lipinski definition) is 0. The van der Waals surface area contributed by atoms with Gasteiger partial charge in [-0.05, 0) is 43.9 Å². The number of benzene rings is 2. The van der Waals surface area contributed by atoms with Crippen LogP contribution in [-0.4, -0.2) is 25.8 Å². The minimum absolute atomic E-state index is 0.00738. The predicted molar refractivity (Wildman–Crippen MR) is 113 cm³/mol. The zero-order valence-corrected chi connectivity index (χ0v) is 17.2. The molecule has 1 saturated carbocycles. The molecule has 1 unspecified atom stereocenters. The highest BCUT2D eigenvalue weighted by Crippen LogP contribution is 2.33. The van der Waals surface area contributed by atoms with Crippen molar-refractivity contribution in [1.29, 1.82) is 0 Å². The lowest BCUT2D eigenvalue weighted by Crippen LogP contribution is -2.22. The Bertz CT molecular complexity index is 981. The van der Waals surface area contributed by atoms with Gasteiger partial charge >= 0.3 is 0 Å². The van der Waals surface area contributed by atoms with E-state index >= 15 is 0 Å². The van der Waals surface area contributed by atoms with Crippen LogP contribution in [0.4, 0.5) is 0 Å². The quantitative estimate of drug-likeness (QED) is 0.609. The molecule has 0 saturated heterocycles. The van der Waals surface area contributed by atoms with E-state index in [0.717, 1.165) is 35.9 Å². The minimum Gasteiger partial charge on any atom is -0.298 e. The van der Waals surface area contributed by atoms with E-state index in [1.807, 2.05) is 18.2 Å². The van der Waals surface area contributed by atoms with Crippen LogP contribution in [0.3, 0.4) is 0 Å². The molecule has 1 aliphatic carbocycles. The van der Waals surface area contributed by atoms with E-state index in [1.165, 1.54) is 16.7 Å². The van der Waals surface area contributed by atoms with E-state index in [2.05, 4.69) is 58.9 Å². The average Bonchev–Trinajstić information content (AvgIpc) is 3.06. The number of Topliss-reactive ketones (excluding diaryl/α,β-unsaturated/α-hetero) is 1. The van der Waals surface area contributed by atoms with Gasteiger partial charge in [0.1, 0.15) is 11.6 Å². The fourth-order valence-electron chi connectivity index (χ4n) is 3.77. The van der Waals surface area contributed by atoms with E-state index in [9.17, 15) is 4.79 Å². The van der Waals surface area contributed by atoms with Gasteiger partial charge < -0.3 is 0 Å². The average molecular weight is 392 g/mol. The van der Waals surface area contributed by atoms with E-state index in [-0.39, 0.29) is 5.25 Å². The van der Waals surface area contributed by atoms with Gasteiger partial charge in [-0.25, -0.2) is 0 Å². The Morgan fingerprint density at radius 3 is 2.64 bits per heavy atom. The topological polar surface area (TPSA) is 47.8 Å². The molecule has 2 aromatic carbocycles. The van der Waals surface area contributed by atoms with Gasteiger partial charge in [-0.3, -0.25) is 9.36 Å². The molecule has 0 spiro atoms. The van der Waals surface area contributed by atoms with Crippen molar-refractivity contribution in [3.8, 4) is 5.69 Å². The molecule has 0 bridgehead atoms. The molecule has 1 fully saturated rings. The monoisotopic (exact) mass is 391 g/mol. The van der Waals surface area contributed by atoms with Crippen molar-refractivity contribution in [3.63, 3.8) is 0 Å². The highest BCUT2D eigenvalue weighted by atomic mass is 32.2. The molecule has 0 radical (unpaired) electrons. The van der Waals surface area contributed by atoms with E-state index in [4.69, 9.17) is 0 Å². The number of hydrogen-bond acceptors (Lipinski definition) is 4. The van der Waals surface area contributed by atoms with Crippen molar-refractivity contribution >= 4 is 17.5 Å². The molecule has 4 rings (SSSR count). The maximum absolute atomic E-state index is 12.4. The lowest BCUT2D eigenvalue weighted by atomic mass is 9.99. The minimum atomic E-state index is -0.00738. The standard InChI is InChI=1S/C23H25N3OS/c1-16-12-13-19(17(2)14-16)26-22(15-18-8-4-3-5-9-18)24-25-23(26)28-21-11-7-6-10-20(21)27/h3-5,8-9,12-14,21H,6-7,10-11,15H2,1-2H3. The first-order valence-corrected chi connectivity index (χ1v) is 10.7. The Labute approximate surface area is 170 Å². The predicted octanol–water partition coefficient (Wildman–Crippen LogP) is 5.08. The van der Waals surface area contributed by atoms with Gasteiger partial charge in [-0.15, -0.1) is 10.2 Å². The third-order valence-corrected chi connectivity index (χ3v) is 6.50. The molecule has 1 aliphatic rings. The number of aryl methyl sites for hydroxylation is 2. The smallest absolute Gasteiger partial charge is 0.196 e. The van der Waals surface area contributed by atoms with Crippen molar-refractivity contribution in [2.45, 2.75) is 56.4 Å². The van der Waals surface area contributed by atoms with Crippen LogP contribution in [-0.2, 0) is 11.2 Å².